The van der Waals surface area contributed by atoms with Gasteiger partial charge in [0.2, 0.25) is 16.9 Å². The van der Waals surface area contributed by atoms with E-state index in [2.05, 4.69) is 41.1 Å². The highest BCUT2D eigenvalue weighted by molar-refractivity contribution is 7.15. The maximum Gasteiger partial charge on any atom is 0.232 e. The van der Waals surface area contributed by atoms with E-state index < -0.39 is 5.82 Å². The Hall–Kier alpha value is -4.13. The average Bonchev–Trinajstić information content (AvgIpc) is 3.53. The summed E-state index contributed by atoms with van der Waals surface area (Å²) in [5.74, 6) is -0.592. The third-order valence-electron chi connectivity index (χ3n) is 6.20. The summed E-state index contributed by atoms with van der Waals surface area (Å²) in [5, 5.41) is 27.9. The molecule has 0 unspecified atom stereocenters. The molecule has 4 aromatic rings. The highest BCUT2D eigenvalue weighted by Crippen LogP contribution is 2.19. The molecule has 2 amide bonds. The van der Waals surface area contributed by atoms with E-state index in [0.29, 0.717) is 16.6 Å². The zero-order valence-electron chi connectivity index (χ0n) is 21.3. The van der Waals surface area contributed by atoms with Gasteiger partial charge in [-0.1, -0.05) is 11.3 Å². The van der Waals surface area contributed by atoms with Crippen molar-refractivity contribution in [2.45, 2.75) is 64.3 Å². The standard InChI is InChI=1S/C26H28FN9O2S/c27-17-10-11-28-19(13-17)15-23(37)29-22-9-8-18(31-32-22)5-1-2-7-25-33-34-26(39-25)30-24(38)16-20-14-21-6-3-4-12-36(21)35-20/h8-11,13-14H,1-7,12,15-16H2,(H,29,32,37)(H,30,34,38). The normalized spacial score (nSPS) is 12.6. The molecule has 0 saturated heterocycles. The monoisotopic (exact) mass is 549 g/mol. The van der Waals surface area contributed by atoms with E-state index >= 15 is 0 Å². The molecule has 1 aliphatic rings. The molecule has 4 aromatic heterocycles. The van der Waals surface area contributed by atoms with Crippen molar-refractivity contribution in [2.75, 3.05) is 10.6 Å². The first-order valence-electron chi connectivity index (χ1n) is 12.9. The molecule has 13 heteroatoms. The van der Waals surface area contributed by atoms with Crippen LogP contribution in [0.1, 0.15) is 53.5 Å². The fourth-order valence-corrected chi connectivity index (χ4v) is 5.13. The van der Waals surface area contributed by atoms with Crippen LogP contribution >= 0.6 is 11.3 Å². The van der Waals surface area contributed by atoms with Gasteiger partial charge >= 0.3 is 0 Å². The Morgan fingerprint density at radius 2 is 1.74 bits per heavy atom. The van der Waals surface area contributed by atoms with Crippen LogP contribution in [0.15, 0.2) is 36.5 Å². The molecule has 5 rings (SSSR count). The van der Waals surface area contributed by atoms with Gasteiger partial charge in [0.15, 0.2) is 5.82 Å². The summed E-state index contributed by atoms with van der Waals surface area (Å²) >= 11 is 1.38. The van der Waals surface area contributed by atoms with Crippen molar-refractivity contribution in [1.29, 1.82) is 0 Å². The number of fused-ring (bicyclic) bond motifs is 1. The summed E-state index contributed by atoms with van der Waals surface area (Å²) in [6.07, 6.45) is 8.04. The van der Waals surface area contributed by atoms with Crippen molar-refractivity contribution in [3.8, 4) is 0 Å². The van der Waals surface area contributed by atoms with Gasteiger partial charge in [0, 0.05) is 24.9 Å². The van der Waals surface area contributed by atoms with Gasteiger partial charge in [-0.05, 0) is 68.9 Å². The summed E-state index contributed by atoms with van der Waals surface area (Å²) in [7, 11) is 0. The molecule has 11 nitrogen and oxygen atoms in total. The highest BCUT2D eigenvalue weighted by Gasteiger charge is 2.15. The number of aromatic nitrogens is 7. The van der Waals surface area contributed by atoms with Crippen LogP contribution in [0, 0.1) is 5.82 Å². The summed E-state index contributed by atoms with van der Waals surface area (Å²) < 4.78 is 15.2. The van der Waals surface area contributed by atoms with Crippen LogP contribution in [0.4, 0.5) is 15.3 Å². The van der Waals surface area contributed by atoms with Crippen molar-refractivity contribution < 1.29 is 14.0 Å². The van der Waals surface area contributed by atoms with Gasteiger partial charge < -0.3 is 10.6 Å². The third-order valence-corrected chi connectivity index (χ3v) is 7.10. The number of amides is 2. The third kappa shape index (κ3) is 7.69. The fourth-order valence-electron chi connectivity index (χ4n) is 4.34. The van der Waals surface area contributed by atoms with E-state index in [-0.39, 0.29) is 24.7 Å². The lowest BCUT2D eigenvalue weighted by molar-refractivity contribution is -0.116. The van der Waals surface area contributed by atoms with Gasteiger partial charge in [-0.3, -0.25) is 19.3 Å². The molecule has 2 N–H and O–H groups in total. The lowest BCUT2D eigenvalue weighted by Gasteiger charge is -2.11. The van der Waals surface area contributed by atoms with Gasteiger partial charge in [0.05, 0.1) is 29.9 Å². The second kappa shape index (κ2) is 12.6. The fraction of sp³-hybridized carbons (Fsp3) is 0.385. The first-order chi connectivity index (χ1) is 19.0. The molecule has 5 heterocycles. The van der Waals surface area contributed by atoms with Crippen molar-refractivity contribution in [1.82, 2.24) is 35.2 Å². The Kier molecular flexibility index (Phi) is 8.56. The van der Waals surface area contributed by atoms with Crippen LogP contribution in [-0.4, -0.2) is 47.0 Å². The lowest BCUT2D eigenvalue weighted by atomic mass is 10.1. The molecule has 39 heavy (non-hydrogen) atoms. The van der Waals surface area contributed by atoms with E-state index in [4.69, 9.17) is 0 Å². The van der Waals surface area contributed by atoms with E-state index in [0.717, 1.165) is 61.5 Å². The van der Waals surface area contributed by atoms with Crippen LogP contribution in [0.5, 0.6) is 0 Å². The Morgan fingerprint density at radius 3 is 2.56 bits per heavy atom. The van der Waals surface area contributed by atoms with Gasteiger partial charge in [-0.2, -0.15) is 10.2 Å². The number of rotatable bonds is 11. The van der Waals surface area contributed by atoms with Crippen molar-refractivity contribution in [3.63, 3.8) is 0 Å². The van der Waals surface area contributed by atoms with Gasteiger partial charge in [0.1, 0.15) is 10.8 Å². The number of unbranched alkanes of at least 4 members (excludes halogenated alkanes) is 1. The van der Waals surface area contributed by atoms with E-state index in [1.54, 1.807) is 6.07 Å². The summed E-state index contributed by atoms with van der Waals surface area (Å²) in [6, 6.07) is 7.98. The number of nitrogens with zero attached hydrogens (tertiary/aromatic N) is 7. The minimum atomic E-state index is -0.436. The summed E-state index contributed by atoms with van der Waals surface area (Å²) in [4.78, 5) is 28.5. The van der Waals surface area contributed by atoms with Crippen molar-refractivity contribution >= 4 is 34.1 Å². The summed E-state index contributed by atoms with van der Waals surface area (Å²) in [6.45, 7) is 0.921. The van der Waals surface area contributed by atoms with Gasteiger partial charge in [-0.25, -0.2) is 4.39 Å². The largest absolute Gasteiger partial charge is 0.309 e. The van der Waals surface area contributed by atoms with Crippen LogP contribution in [0.3, 0.4) is 0 Å². The smallest absolute Gasteiger partial charge is 0.232 e. The maximum atomic E-state index is 13.2. The topological polar surface area (TPSA) is 140 Å². The number of carbonyl (C=O) groups excluding carboxylic acids is 2. The zero-order chi connectivity index (χ0) is 27.0. The first-order valence-corrected chi connectivity index (χ1v) is 13.7. The minimum Gasteiger partial charge on any atom is -0.309 e. The Bertz CT molecular complexity index is 1410. The summed E-state index contributed by atoms with van der Waals surface area (Å²) in [5.41, 5.74) is 3.14. The molecule has 0 saturated carbocycles. The van der Waals surface area contributed by atoms with Crippen molar-refractivity contribution in [2.24, 2.45) is 0 Å². The molecule has 0 atom stereocenters. The molecule has 0 radical (unpaired) electrons. The average molecular weight is 550 g/mol. The highest BCUT2D eigenvalue weighted by atomic mass is 32.1. The van der Waals surface area contributed by atoms with E-state index in [9.17, 15) is 14.0 Å². The SMILES string of the molecule is O=C(Cc1cc(F)ccn1)Nc1ccc(CCCCc2nnc(NC(=O)Cc3cc4n(n3)CCCC4)s2)nn1. The Morgan fingerprint density at radius 1 is 0.897 bits per heavy atom. The van der Waals surface area contributed by atoms with Crippen LogP contribution in [0.25, 0.3) is 0 Å². The maximum absolute atomic E-state index is 13.2. The Labute approximate surface area is 228 Å². The van der Waals surface area contributed by atoms with Gasteiger partial charge in [0.25, 0.3) is 0 Å². The number of halogens is 1. The number of anilines is 2. The predicted octanol–water partition coefficient (Wildman–Crippen LogP) is 3.32. The molecule has 202 valence electrons. The van der Waals surface area contributed by atoms with Crippen LogP contribution in [-0.2, 0) is 48.2 Å². The molecular formula is C26H28FN9O2S. The Balaban J connectivity index is 1.00. The molecule has 0 fully saturated rings. The number of hydrogen-bond acceptors (Lipinski definition) is 9. The first kappa shape index (κ1) is 26.5. The molecule has 1 aliphatic heterocycles. The van der Waals surface area contributed by atoms with Crippen LogP contribution < -0.4 is 10.6 Å². The van der Waals surface area contributed by atoms with Crippen LogP contribution in [0.2, 0.25) is 0 Å². The second-order valence-electron chi connectivity index (χ2n) is 9.34. The second-order valence-corrected chi connectivity index (χ2v) is 10.4. The number of carbonyl (C=O) groups is 2. The molecule has 0 bridgehead atoms. The lowest BCUT2D eigenvalue weighted by Crippen LogP contribution is -2.16. The number of hydrogen-bond donors (Lipinski definition) is 2. The van der Waals surface area contributed by atoms with Gasteiger partial charge in [-0.15, -0.1) is 15.3 Å². The van der Waals surface area contributed by atoms with E-state index in [1.807, 2.05) is 16.8 Å². The molecule has 0 aromatic carbocycles. The van der Waals surface area contributed by atoms with E-state index in [1.165, 1.54) is 41.8 Å². The van der Waals surface area contributed by atoms with Crippen molar-refractivity contribution in [3.05, 3.63) is 70.1 Å². The quantitative estimate of drug-likeness (QED) is 0.272. The number of nitrogens with one attached hydrogen (secondary N) is 2. The molecule has 0 spiro atoms. The molecule has 0 aliphatic carbocycles. The minimum absolute atomic E-state index is 0.0512. The molecular weight excluding hydrogens is 521 g/mol. The number of aryl methyl sites for hydroxylation is 4. The zero-order valence-corrected chi connectivity index (χ0v) is 22.1. The number of pyridine rings is 1. The predicted molar refractivity (Wildman–Crippen MR) is 143 cm³/mol.